The highest BCUT2D eigenvalue weighted by molar-refractivity contribution is 5.32. The fourth-order valence-corrected chi connectivity index (χ4v) is 2.38. The van der Waals surface area contributed by atoms with E-state index in [0.717, 1.165) is 31.9 Å². The van der Waals surface area contributed by atoms with Crippen molar-refractivity contribution in [3.63, 3.8) is 0 Å². The first-order valence-electron chi connectivity index (χ1n) is 6.23. The SMILES string of the molecule is CCc1cc2[n+](n1-c1ccccc1)CCCO2. The Hall–Kier alpha value is -1.77. The molecule has 3 rings (SSSR count). The molecular weight excluding hydrogens is 212 g/mol. The van der Waals surface area contributed by atoms with E-state index in [1.807, 2.05) is 6.07 Å². The van der Waals surface area contributed by atoms with Crippen molar-refractivity contribution in [1.29, 1.82) is 0 Å². The largest absolute Gasteiger partial charge is 0.442 e. The summed E-state index contributed by atoms with van der Waals surface area (Å²) in [5.74, 6) is 0.997. The minimum atomic E-state index is 0.835. The van der Waals surface area contributed by atoms with Gasteiger partial charge in [-0.3, -0.25) is 0 Å². The normalized spacial score (nSPS) is 14.2. The van der Waals surface area contributed by atoms with E-state index in [-0.39, 0.29) is 0 Å². The lowest BCUT2D eigenvalue weighted by Gasteiger charge is -2.10. The Morgan fingerprint density at radius 1 is 1.29 bits per heavy atom. The van der Waals surface area contributed by atoms with E-state index in [9.17, 15) is 0 Å². The van der Waals surface area contributed by atoms with Gasteiger partial charge in [0, 0.05) is 6.42 Å². The molecule has 0 saturated heterocycles. The summed E-state index contributed by atoms with van der Waals surface area (Å²) in [6, 6.07) is 12.6. The number of ether oxygens (including phenoxy) is 1. The Labute approximate surface area is 101 Å². The summed E-state index contributed by atoms with van der Waals surface area (Å²) < 4.78 is 10.2. The molecule has 1 aromatic carbocycles. The smallest absolute Gasteiger partial charge is 0.393 e. The number of hydrogen-bond donors (Lipinski definition) is 0. The minimum Gasteiger partial charge on any atom is -0.442 e. The van der Waals surface area contributed by atoms with Crippen molar-refractivity contribution in [2.45, 2.75) is 26.3 Å². The van der Waals surface area contributed by atoms with Crippen molar-refractivity contribution in [3.05, 3.63) is 42.1 Å². The molecule has 0 N–H and O–H groups in total. The molecule has 0 radical (unpaired) electrons. The molecule has 0 fully saturated rings. The van der Waals surface area contributed by atoms with Crippen LogP contribution in [0.2, 0.25) is 0 Å². The highest BCUT2D eigenvalue weighted by Gasteiger charge is 2.27. The van der Waals surface area contributed by atoms with Crippen LogP contribution in [0.3, 0.4) is 0 Å². The maximum Gasteiger partial charge on any atom is 0.393 e. The molecule has 1 aliphatic rings. The molecule has 1 aliphatic heterocycles. The minimum absolute atomic E-state index is 0.835. The Balaban J connectivity index is 2.17. The second kappa shape index (κ2) is 4.24. The summed E-state index contributed by atoms with van der Waals surface area (Å²) in [4.78, 5) is 0. The first-order chi connectivity index (χ1) is 8.40. The Morgan fingerprint density at radius 2 is 2.12 bits per heavy atom. The van der Waals surface area contributed by atoms with Crippen LogP contribution in [0.15, 0.2) is 36.4 Å². The van der Waals surface area contributed by atoms with Crippen molar-refractivity contribution >= 4 is 0 Å². The van der Waals surface area contributed by atoms with Gasteiger partial charge in [0.2, 0.25) is 0 Å². The fraction of sp³-hybridized carbons (Fsp3) is 0.357. The summed E-state index contributed by atoms with van der Waals surface area (Å²) >= 11 is 0. The van der Waals surface area contributed by atoms with Crippen molar-refractivity contribution < 1.29 is 9.42 Å². The number of rotatable bonds is 2. The van der Waals surface area contributed by atoms with Crippen LogP contribution in [-0.4, -0.2) is 11.3 Å². The molecule has 0 bridgehead atoms. The van der Waals surface area contributed by atoms with Crippen LogP contribution in [-0.2, 0) is 13.0 Å². The average molecular weight is 229 g/mol. The lowest BCUT2D eigenvalue weighted by Crippen LogP contribution is -2.47. The van der Waals surface area contributed by atoms with Crippen LogP contribution < -0.4 is 9.42 Å². The van der Waals surface area contributed by atoms with Crippen LogP contribution in [0.5, 0.6) is 5.88 Å². The predicted octanol–water partition coefficient (Wildman–Crippen LogP) is 2.11. The van der Waals surface area contributed by atoms with Crippen LogP contribution >= 0.6 is 0 Å². The molecule has 0 amide bonds. The van der Waals surface area contributed by atoms with Crippen molar-refractivity contribution in [1.82, 2.24) is 4.68 Å². The molecule has 0 saturated carbocycles. The maximum atomic E-state index is 5.71. The number of aryl methyl sites for hydroxylation is 1. The number of fused-ring (bicyclic) bond motifs is 1. The van der Waals surface area contributed by atoms with Gasteiger partial charge in [0.05, 0.1) is 11.8 Å². The lowest BCUT2D eigenvalue weighted by molar-refractivity contribution is -0.777. The van der Waals surface area contributed by atoms with Crippen LogP contribution in [0.1, 0.15) is 19.0 Å². The quantitative estimate of drug-likeness (QED) is 0.721. The second-order valence-electron chi connectivity index (χ2n) is 4.30. The molecule has 0 atom stereocenters. The first-order valence-corrected chi connectivity index (χ1v) is 6.23. The average Bonchev–Trinajstić information content (AvgIpc) is 2.78. The van der Waals surface area contributed by atoms with Gasteiger partial charge in [-0.25, -0.2) is 0 Å². The second-order valence-corrected chi connectivity index (χ2v) is 4.30. The van der Waals surface area contributed by atoms with Crippen molar-refractivity contribution in [3.8, 4) is 11.6 Å². The molecule has 3 heteroatoms. The van der Waals surface area contributed by atoms with Crippen LogP contribution in [0.25, 0.3) is 5.69 Å². The summed E-state index contributed by atoms with van der Waals surface area (Å²) in [6.07, 6.45) is 2.09. The van der Waals surface area contributed by atoms with Crippen molar-refractivity contribution in [2.75, 3.05) is 6.61 Å². The molecule has 0 unspecified atom stereocenters. The standard InChI is InChI=1S/C14H17N2O/c1-2-12-11-14-15(9-6-10-17-14)16(12)13-7-4-3-5-8-13/h3-5,7-8,11H,2,6,9-10H2,1H3/q+1. The van der Waals surface area contributed by atoms with E-state index < -0.39 is 0 Å². The van der Waals surface area contributed by atoms with E-state index in [4.69, 9.17) is 4.74 Å². The van der Waals surface area contributed by atoms with E-state index >= 15 is 0 Å². The summed E-state index contributed by atoms with van der Waals surface area (Å²) in [6.45, 7) is 4.05. The van der Waals surface area contributed by atoms with Crippen LogP contribution in [0.4, 0.5) is 0 Å². The van der Waals surface area contributed by atoms with Gasteiger partial charge >= 0.3 is 5.88 Å². The summed E-state index contributed by atoms with van der Waals surface area (Å²) in [5.41, 5.74) is 2.51. The Kier molecular flexibility index (Phi) is 2.59. The zero-order valence-corrected chi connectivity index (χ0v) is 10.1. The molecule has 3 nitrogen and oxygen atoms in total. The molecule has 17 heavy (non-hydrogen) atoms. The van der Waals surface area contributed by atoms with Gasteiger partial charge in [-0.05, 0) is 18.6 Å². The van der Waals surface area contributed by atoms with Gasteiger partial charge in [0.15, 0.2) is 6.54 Å². The van der Waals surface area contributed by atoms with Gasteiger partial charge in [0.25, 0.3) is 0 Å². The topological polar surface area (TPSA) is 18.0 Å². The number of aromatic nitrogens is 2. The van der Waals surface area contributed by atoms with Crippen molar-refractivity contribution in [2.24, 2.45) is 0 Å². The summed E-state index contributed by atoms with van der Waals surface area (Å²) in [5, 5.41) is 0. The molecule has 1 aromatic heterocycles. The third-order valence-corrected chi connectivity index (χ3v) is 3.19. The van der Waals surface area contributed by atoms with E-state index in [1.165, 1.54) is 11.4 Å². The van der Waals surface area contributed by atoms with Gasteiger partial charge in [0.1, 0.15) is 12.3 Å². The van der Waals surface area contributed by atoms with E-state index in [0.29, 0.717) is 0 Å². The van der Waals surface area contributed by atoms with Gasteiger partial charge < -0.3 is 4.74 Å². The maximum absolute atomic E-state index is 5.71. The van der Waals surface area contributed by atoms with E-state index in [2.05, 4.69) is 46.6 Å². The monoisotopic (exact) mass is 229 g/mol. The molecular formula is C14H17N2O+. The zero-order valence-electron chi connectivity index (χ0n) is 10.1. The number of nitrogens with zero attached hydrogens (tertiary/aromatic N) is 2. The van der Waals surface area contributed by atoms with Gasteiger partial charge in [-0.2, -0.15) is 0 Å². The highest BCUT2D eigenvalue weighted by atomic mass is 16.5. The third kappa shape index (κ3) is 1.71. The first kappa shape index (κ1) is 10.4. The molecule has 2 aromatic rings. The fourth-order valence-electron chi connectivity index (χ4n) is 2.38. The Morgan fingerprint density at radius 3 is 2.88 bits per heavy atom. The summed E-state index contributed by atoms with van der Waals surface area (Å²) in [7, 11) is 0. The highest BCUT2D eigenvalue weighted by Crippen LogP contribution is 2.18. The lowest BCUT2D eigenvalue weighted by atomic mass is 10.3. The molecule has 0 spiro atoms. The Bertz CT molecular complexity index is 517. The van der Waals surface area contributed by atoms with E-state index in [1.54, 1.807) is 0 Å². The molecule has 88 valence electrons. The number of benzene rings is 1. The third-order valence-electron chi connectivity index (χ3n) is 3.19. The molecule has 0 aliphatic carbocycles. The number of para-hydroxylation sites is 1. The predicted molar refractivity (Wildman–Crippen MR) is 65.5 cm³/mol. The van der Waals surface area contributed by atoms with Gasteiger partial charge in [-0.15, -0.1) is 4.68 Å². The number of hydrogen-bond acceptors (Lipinski definition) is 1. The van der Waals surface area contributed by atoms with Crippen LogP contribution in [0, 0.1) is 0 Å². The van der Waals surface area contributed by atoms with Gasteiger partial charge in [-0.1, -0.05) is 29.8 Å². The molecule has 2 heterocycles. The zero-order chi connectivity index (χ0) is 11.7.